The van der Waals surface area contributed by atoms with Crippen LogP contribution in [0.25, 0.3) is 0 Å². The molecule has 2 amide bonds. The second-order valence-electron chi connectivity index (χ2n) is 6.78. The molecule has 0 saturated carbocycles. The number of benzene rings is 1. The fourth-order valence-corrected chi connectivity index (χ4v) is 3.43. The van der Waals surface area contributed by atoms with Crippen LogP contribution >= 0.6 is 0 Å². The first-order chi connectivity index (χ1) is 12.2. The number of carbonyl (C=O) groups excluding carboxylic acids is 2. The third kappa shape index (κ3) is 5.19. The summed E-state index contributed by atoms with van der Waals surface area (Å²) in [5.41, 5.74) is 0.889. The average molecular weight is 345 g/mol. The maximum absolute atomic E-state index is 11.9. The van der Waals surface area contributed by atoms with Gasteiger partial charge >= 0.3 is 0 Å². The van der Waals surface area contributed by atoms with Gasteiger partial charge < -0.3 is 20.3 Å². The first-order valence-electron chi connectivity index (χ1n) is 9.23. The number of carbonyl (C=O) groups is 2. The second kappa shape index (κ2) is 8.85. The molecule has 3 rings (SSSR count). The van der Waals surface area contributed by atoms with E-state index in [0.717, 1.165) is 38.2 Å². The molecule has 136 valence electrons. The summed E-state index contributed by atoms with van der Waals surface area (Å²) in [7, 11) is 0. The van der Waals surface area contributed by atoms with Gasteiger partial charge in [-0.05, 0) is 69.0 Å². The monoisotopic (exact) mass is 345 g/mol. The van der Waals surface area contributed by atoms with Crippen LogP contribution in [0.2, 0.25) is 0 Å². The fraction of sp³-hybridized carbons (Fsp3) is 0.579. The number of piperidine rings is 1. The Balaban J connectivity index is 1.36. The SMILES string of the molecule is O=C(COc1ccc(N2CCCC2=O)cc1)NCCC1CCCNC1. The zero-order valence-corrected chi connectivity index (χ0v) is 14.6. The van der Waals surface area contributed by atoms with Crippen molar-refractivity contribution in [1.82, 2.24) is 10.6 Å². The van der Waals surface area contributed by atoms with E-state index in [1.165, 1.54) is 12.8 Å². The minimum Gasteiger partial charge on any atom is -0.484 e. The first kappa shape index (κ1) is 17.7. The highest BCUT2D eigenvalue weighted by Crippen LogP contribution is 2.23. The van der Waals surface area contributed by atoms with Crippen molar-refractivity contribution >= 4 is 17.5 Å². The number of amides is 2. The quantitative estimate of drug-likeness (QED) is 0.789. The number of nitrogens with zero attached hydrogens (tertiary/aromatic N) is 1. The third-order valence-electron chi connectivity index (χ3n) is 4.87. The molecule has 0 spiro atoms. The molecule has 0 radical (unpaired) electrons. The summed E-state index contributed by atoms with van der Waals surface area (Å²) >= 11 is 0. The summed E-state index contributed by atoms with van der Waals surface area (Å²) in [6, 6.07) is 7.35. The van der Waals surface area contributed by atoms with Gasteiger partial charge in [0.1, 0.15) is 5.75 Å². The molecule has 0 aromatic heterocycles. The number of nitrogens with one attached hydrogen (secondary N) is 2. The van der Waals surface area contributed by atoms with Crippen molar-refractivity contribution in [3.8, 4) is 5.75 Å². The van der Waals surface area contributed by atoms with Gasteiger partial charge in [-0.3, -0.25) is 9.59 Å². The summed E-state index contributed by atoms with van der Waals surface area (Å²) in [4.78, 5) is 25.4. The van der Waals surface area contributed by atoms with E-state index in [9.17, 15) is 9.59 Å². The molecular formula is C19H27N3O3. The van der Waals surface area contributed by atoms with Crippen molar-refractivity contribution in [2.75, 3.05) is 37.7 Å². The van der Waals surface area contributed by atoms with Crippen LogP contribution in [0, 0.1) is 5.92 Å². The van der Waals surface area contributed by atoms with Crippen LogP contribution in [-0.2, 0) is 9.59 Å². The van der Waals surface area contributed by atoms with Gasteiger partial charge in [0, 0.05) is 25.2 Å². The molecule has 1 unspecified atom stereocenters. The average Bonchev–Trinajstić information content (AvgIpc) is 3.07. The number of anilines is 1. The predicted molar refractivity (Wildman–Crippen MR) is 96.7 cm³/mol. The van der Waals surface area contributed by atoms with Crippen LogP contribution in [0.15, 0.2) is 24.3 Å². The standard InChI is InChI=1S/C19H27N3O3/c23-18(21-11-9-15-3-1-10-20-13-15)14-25-17-7-5-16(6-8-17)22-12-2-4-19(22)24/h5-8,15,20H,1-4,9-14H2,(H,21,23). The molecule has 0 bridgehead atoms. The zero-order valence-electron chi connectivity index (χ0n) is 14.6. The van der Waals surface area contributed by atoms with Gasteiger partial charge in [0.05, 0.1) is 0 Å². The molecule has 6 nitrogen and oxygen atoms in total. The highest BCUT2D eigenvalue weighted by atomic mass is 16.5. The largest absolute Gasteiger partial charge is 0.484 e. The van der Waals surface area contributed by atoms with Gasteiger partial charge in [0.25, 0.3) is 5.91 Å². The van der Waals surface area contributed by atoms with Gasteiger partial charge in [-0.25, -0.2) is 0 Å². The number of hydrogen-bond acceptors (Lipinski definition) is 4. The zero-order chi connectivity index (χ0) is 17.5. The lowest BCUT2D eigenvalue weighted by Crippen LogP contribution is -2.34. The Morgan fingerprint density at radius 1 is 1.28 bits per heavy atom. The van der Waals surface area contributed by atoms with Crippen molar-refractivity contribution in [1.29, 1.82) is 0 Å². The first-order valence-corrected chi connectivity index (χ1v) is 9.23. The van der Waals surface area contributed by atoms with Crippen molar-refractivity contribution < 1.29 is 14.3 Å². The van der Waals surface area contributed by atoms with E-state index in [4.69, 9.17) is 4.74 Å². The Bertz CT molecular complexity index is 582. The molecule has 6 heteroatoms. The van der Waals surface area contributed by atoms with Gasteiger partial charge in [0.15, 0.2) is 6.61 Å². The van der Waals surface area contributed by atoms with E-state index in [1.807, 2.05) is 24.3 Å². The fourth-order valence-electron chi connectivity index (χ4n) is 3.43. The lowest BCUT2D eigenvalue weighted by Gasteiger charge is -2.22. The Labute approximate surface area is 148 Å². The van der Waals surface area contributed by atoms with E-state index in [-0.39, 0.29) is 18.4 Å². The van der Waals surface area contributed by atoms with Crippen molar-refractivity contribution in [3.63, 3.8) is 0 Å². The number of ether oxygens (including phenoxy) is 1. The van der Waals surface area contributed by atoms with Crippen LogP contribution in [0.3, 0.4) is 0 Å². The van der Waals surface area contributed by atoms with Gasteiger partial charge in [-0.1, -0.05) is 0 Å². The van der Waals surface area contributed by atoms with Crippen LogP contribution in [-0.4, -0.2) is 44.6 Å². The Morgan fingerprint density at radius 3 is 2.80 bits per heavy atom. The smallest absolute Gasteiger partial charge is 0.257 e. The molecule has 2 aliphatic heterocycles. The van der Waals surface area contributed by atoms with E-state index >= 15 is 0 Å². The predicted octanol–water partition coefficient (Wildman–Crippen LogP) is 1.70. The maximum atomic E-state index is 11.9. The van der Waals surface area contributed by atoms with Crippen LogP contribution < -0.4 is 20.3 Å². The van der Waals surface area contributed by atoms with E-state index in [2.05, 4.69) is 10.6 Å². The molecule has 2 aliphatic rings. The summed E-state index contributed by atoms with van der Waals surface area (Å²) < 4.78 is 5.53. The summed E-state index contributed by atoms with van der Waals surface area (Å²) in [6.07, 6.45) is 5.01. The molecular weight excluding hydrogens is 318 g/mol. The summed E-state index contributed by atoms with van der Waals surface area (Å²) in [6.45, 7) is 3.66. The Kier molecular flexibility index (Phi) is 6.28. The molecule has 1 atom stereocenters. The van der Waals surface area contributed by atoms with Crippen LogP contribution in [0.1, 0.15) is 32.1 Å². The Hall–Kier alpha value is -2.08. The van der Waals surface area contributed by atoms with Gasteiger partial charge in [-0.2, -0.15) is 0 Å². The highest BCUT2D eigenvalue weighted by molar-refractivity contribution is 5.95. The molecule has 1 aromatic carbocycles. The van der Waals surface area contributed by atoms with Crippen molar-refractivity contribution in [2.24, 2.45) is 5.92 Å². The molecule has 2 fully saturated rings. The van der Waals surface area contributed by atoms with Crippen LogP contribution in [0.5, 0.6) is 5.75 Å². The summed E-state index contributed by atoms with van der Waals surface area (Å²) in [5, 5.41) is 6.30. The molecule has 1 aromatic rings. The number of hydrogen-bond donors (Lipinski definition) is 2. The van der Waals surface area contributed by atoms with Gasteiger partial charge in [0.2, 0.25) is 5.91 Å². The molecule has 0 aliphatic carbocycles. The third-order valence-corrected chi connectivity index (χ3v) is 4.87. The number of rotatable bonds is 7. The van der Waals surface area contributed by atoms with Crippen LogP contribution in [0.4, 0.5) is 5.69 Å². The molecule has 25 heavy (non-hydrogen) atoms. The maximum Gasteiger partial charge on any atom is 0.257 e. The lowest BCUT2D eigenvalue weighted by molar-refractivity contribution is -0.123. The summed E-state index contributed by atoms with van der Waals surface area (Å²) in [5.74, 6) is 1.38. The Morgan fingerprint density at radius 2 is 2.12 bits per heavy atom. The molecule has 2 N–H and O–H groups in total. The normalized spacial score (nSPS) is 20.6. The van der Waals surface area contributed by atoms with E-state index in [1.54, 1.807) is 4.90 Å². The lowest BCUT2D eigenvalue weighted by atomic mass is 9.96. The van der Waals surface area contributed by atoms with E-state index < -0.39 is 0 Å². The molecule has 2 heterocycles. The van der Waals surface area contributed by atoms with Gasteiger partial charge in [-0.15, -0.1) is 0 Å². The minimum absolute atomic E-state index is 0.0188. The van der Waals surface area contributed by atoms with Crippen molar-refractivity contribution in [2.45, 2.75) is 32.1 Å². The second-order valence-corrected chi connectivity index (χ2v) is 6.78. The minimum atomic E-state index is -0.0948. The van der Waals surface area contributed by atoms with Crippen molar-refractivity contribution in [3.05, 3.63) is 24.3 Å². The van der Waals surface area contributed by atoms with E-state index in [0.29, 0.717) is 24.6 Å². The highest BCUT2D eigenvalue weighted by Gasteiger charge is 2.21. The topological polar surface area (TPSA) is 70.7 Å². The molecule has 2 saturated heterocycles.